The van der Waals surface area contributed by atoms with E-state index in [-0.39, 0.29) is 18.9 Å². The largest absolute Gasteiger partial charge is 0.358 e. The number of hydrogen-bond donors (Lipinski definition) is 1. The van der Waals surface area contributed by atoms with Gasteiger partial charge in [-0.15, -0.1) is 0 Å². The van der Waals surface area contributed by atoms with Crippen molar-refractivity contribution in [1.29, 1.82) is 0 Å². The summed E-state index contributed by atoms with van der Waals surface area (Å²) in [5, 5.41) is 1.20. The zero-order valence-electron chi connectivity index (χ0n) is 17.8. The van der Waals surface area contributed by atoms with Gasteiger partial charge in [0.25, 0.3) is 0 Å². The van der Waals surface area contributed by atoms with E-state index in [1.807, 2.05) is 61.5 Å². The number of carbonyl (C=O) groups excluding carboxylic acids is 1. The van der Waals surface area contributed by atoms with Crippen LogP contribution in [0, 0.1) is 6.92 Å². The summed E-state index contributed by atoms with van der Waals surface area (Å²) < 4.78 is 2.66. The van der Waals surface area contributed by atoms with Gasteiger partial charge in [0.1, 0.15) is 0 Å². The van der Waals surface area contributed by atoms with E-state index in [1.165, 1.54) is 9.13 Å². The molecule has 5 aromatic rings. The van der Waals surface area contributed by atoms with E-state index in [1.54, 1.807) is 18.2 Å². The third-order valence-electron chi connectivity index (χ3n) is 5.85. The lowest BCUT2D eigenvalue weighted by Gasteiger charge is -2.15. The number of hydrogen-bond acceptors (Lipinski definition) is 3. The number of ketones is 1. The Morgan fingerprint density at radius 3 is 2.36 bits per heavy atom. The van der Waals surface area contributed by atoms with Crippen LogP contribution in [0.1, 0.15) is 21.6 Å². The minimum atomic E-state index is -0.758. The minimum Gasteiger partial charge on any atom is -0.358 e. The molecule has 0 spiro atoms. The highest BCUT2D eigenvalue weighted by molar-refractivity contribution is 6.31. The molecule has 33 heavy (non-hydrogen) atoms. The molecular weight excluding hydrogens is 438 g/mol. The van der Waals surface area contributed by atoms with Gasteiger partial charge in [0.15, 0.2) is 5.78 Å². The number of rotatable bonds is 5. The number of Topliss-reactive ketones (excluding diaryl/α,β-unsaturated/α-hetero) is 1. The molecule has 0 aliphatic rings. The van der Waals surface area contributed by atoms with Gasteiger partial charge < -0.3 is 4.98 Å². The molecule has 0 aliphatic carbocycles. The van der Waals surface area contributed by atoms with E-state index < -0.39 is 11.1 Å². The highest BCUT2D eigenvalue weighted by Crippen LogP contribution is 2.24. The number of carbonyl (C=O) groups is 1. The number of nitrogens with zero attached hydrogens (tertiary/aromatic N) is 2. The Balaban J connectivity index is 1.67. The predicted octanol–water partition coefficient (Wildman–Crippen LogP) is 4.54. The average molecular weight is 458 g/mol. The summed E-state index contributed by atoms with van der Waals surface area (Å²) in [6, 6.07) is 21.9. The number of aromatic amines is 1. The van der Waals surface area contributed by atoms with Crippen LogP contribution in [-0.4, -0.2) is 19.9 Å². The Kier molecular flexibility index (Phi) is 5.23. The zero-order valence-corrected chi connectivity index (χ0v) is 18.6. The number of para-hydroxylation sites is 1. The van der Waals surface area contributed by atoms with E-state index in [4.69, 9.17) is 11.6 Å². The highest BCUT2D eigenvalue weighted by atomic mass is 35.5. The van der Waals surface area contributed by atoms with Gasteiger partial charge in [-0.2, -0.15) is 0 Å². The van der Waals surface area contributed by atoms with Crippen LogP contribution in [0.25, 0.3) is 21.9 Å². The van der Waals surface area contributed by atoms with Crippen molar-refractivity contribution in [3.05, 3.63) is 115 Å². The van der Waals surface area contributed by atoms with Crippen LogP contribution >= 0.6 is 11.6 Å². The summed E-state index contributed by atoms with van der Waals surface area (Å²) in [6.45, 7) is 1.80. The Morgan fingerprint density at radius 2 is 1.58 bits per heavy atom. The Labute approximate surface area is 193 Å². The van der Waals surface area contributed by atoms with Crippen LogP contribution in [0.2, 0.25) is 5.02 Å². The van der Waals surface area contributed by atoms with E-state index >= 15 is 0 Å². The van der Waals surface area contributed by atoms with Gasteiger partial charge >= 0.3 is 11.1 Å². The quantitative estimate of drug-likeness (QED) is 0.311. The third-order valence-corrected chi connectivity index (χ3v) is 6.09. The molecule has 1 N–H and O–H groups in total. The van der Waals surface area contributed by atoms with E-state index in [0.29, 0.717) is 27.3 Å². The summed E-state index contributed by atoms with van der Waals surface area (Å²) in [4.78, 5) is 42.9. The minimum absolute atomic E-state index is 0.239. The molecule has 0 saturated heterocycles. The van der Waals surface area contributed by atoms with Gasteiger partial charge in [0, 0.05) is 27.2 Å². The molecule has 0 aliphatic heterocycles. The van der Waals surface area contributed by atoms with Crippen molar-refractivity contribution < 1.29 is 4.79 Å². The number of aryl methyl sites for hydroxylation is 1. The van der Waals surface area contributed by atoms with Gasteiger partial charge in [0.2, 0.25) is 0 Å². The molecule has 6 nitrogen and oxygen atoms in total. The Hall–Kier alpha value is -3.90. The molecule has 0 radical (unpaired) electrons. The Bertz CT molecular complexity index is 1650. The van der Waals surface area contributed by atoms with E-state index in [0.717, 1.165) is 16.5 Å². The summed E-state index contributed by atoms with van der Waals surface area (Å²) >= 11 is 6.24. The van der Waals surface area contributed by atoms with E-state index in [2.05, 4.69) is 4.98 Å². The number of aromatic nitrogens is 3. The third kappa shape index (κ3) is 3.68. The molecule has 2 aromatic heterocycles. The van der Waals surface area contributed by atoms with Crippen molar-refractivity contribution in [2.75, 3.05) is 0 Å². The van der Waals surface area contributed by atoms with Gasteiger partial charge in [-0.05, 0) is 36.8 Å². The van der Waals surface area contributed by atoms with Crippen LogP contribution in [0.3, 0.4) is 0 Å². The van der Waals surface area contributed by atoms with Crippen LogP contribution < -0.4 is 11.1 Å². The summed E-state index contributed by atoms with van der Waals surface area (Å²) in [6.07, 6.45) is 0. The lowest BCUT2D eigenvalue weighted by atomic mass is 10.1. The van der Waals surface area contributed by atoms with Gasteiger partial charge in [0.05, 0.1) is 24.1 Å². The van der Waals surface area contributed by atoms with Crippen LogP contribution in [0.15, 0.2) is 82.4 Å². The maximum absolute atomic E-state index is 13.4. The van der Waals surface area contributed by atoms with Gasteiger partial charge in [-0.25, -0.2) is 0 Å². The standard InChI is InChI=1S/C26H20ClN3O3/c1-16-24(19-9-5-6-10-20(19)28-16)23(31)15-30-22-13-18(27)11-12-21(22)29(25(32)26(30)33)14-17-7-3-2-4-8-17/h2-13,28H,14-15H2,1H3. The molecule has 0 amide bonds. The molecule has 0 atom stereocenters. The first-order valence-corrected chi connectivity index (χ1v) is 10.9. The molecule has 5 rings (SSSR count). The number of halogens is 1. The van der Waals surface area contributed by atoms with Crippen molar-refractivity contribution in [1.82, 2.24) is 14.1 Å². The van der Waals surface area contributed by atoms with Gasteiger partial charge in [-0.1, -0.05) is 60.1 Å². The van der Waals surface area contributed by atoms with Crippen molar-refractivity contribution >= 4 is 39.3 Å². The molecule has 0 unspecified atom stereocenters. The first-order valence-electron chi connectivity index (χ1n) is 10.5. The molecule has 164 valence electrons. The summed E-state index contributed by atoms with van der Waals surface area (Å²) in [5.74, 6) is -0.256. The fourth-order valence-electron chi connectivity index (χ4n) is 4.33. The zero-order chi connectivity index (χ0) is 23.1. The van der Waals surface area contributed by atoms with Crippen molar-refractivity contribution in [2.45, 2.75) is 20.0 Å². The van der Waals surface area contributed by atoms with Crippen LogP contribution in [0.5, 0.6) is 0 Å². The second-order valence-corrected chi connectivity index (χ2v) is 8.43. The van der Waals surface area contributed by atoms with Crippen molar-refractivity contribution in [2.24, 2.45) is 0 Å². The average Bonchev–Trinajstić information content (AvgIpc) is 3.16. The smallest absolute Gasteiger partial charge is 0.317 e. The van der Waals surface area contributed by atoms with Crippen molar-refractivity contribution in [3.8, 4) is 0 Å². The molecule has 0 saturated carbocycles. The summed E-state index contributed by atoms with van der Waals surface area (Å²) in [5.41, 5.74) is 2.50. The second kappa shape index (κ2) is 8.22. The normalized spacial score (nSPS) is 11.3. The molecular formula is C26H20ClN3O3. The maximum Gasteiger partial charge on any atom is 0.317 e. The lowest BCUT2D eigenvalue weighted by Crippen LogP contribution is -2.42. The van der Waals surface area contributed by atoms with E-state index in [9.17, 15) is 14.4 Å². The first kappa shape index (κ1) is 21.0. The Morgan fingerprint density at radius 1 is 0.879 bits per heavy atom. The maximum atomic E-state index is 13.4. The SMILES string of the molecule is Cc1[nH]c2ccccc2c1C(=O)Cn1c(=O)c(=O)n(Cc2ccccc2)c2ccc(Cl)cc21. The molecule has 0 bridgehead atoms. The van der Waals surface area contributed by atoms with Gasteiger partial charge in [-0.3, -0.25) is 23.5 Å². The number of nitrogens with one attached hydrogen (secondary N) is 1. The first-order chi connectivity index (χ1) is 15.9. The monoisotopic (exact) mass is 457 g/mol. The summed E-state index contributed by atoms with van der Waals surface area (Å²) in [7, 11) is 0. The second-order valence-electron chi connectivity index (χ2n) is 7.99. The fraction of sp³-hybridized carbons (Fsp3) is 0.115. The van der Waals surface area contributed by atoms with Crippen LogP contribution in [-0.2, 0) is 13.1 Å². The predicted molar refractivity (Wildman–Crippen MR) is 130 cm³/mol. The molecule has 3 aromatic carbocycles. The molecule has 0 fully saturated rings. The number of H-pyrrole nitrogens is 1. The molecule has 7 heteroatoms. The number of benzene rings is 3. The highest BCUT2D eigenvalue weighted by Gasteiger charge is 2.20. The lowest BCUT2D eigenvalue weighted by molar-refractivity contribution is 0.0973. The van der Waals surface area contributed by atoms with Crippen LogP contribution in [0.4, 0.5) is 0 Å². The fourth-order valence-corrected chi connectivity index (χ4v) is 4.50. The topological polar surface area (TPSA) is 76.9 Å². The van der Waals surface area contributed by atoms with Crippen molar-refractivity contribution in [3.63, 3.8) is 0 Å². The number of fused-ring (bicyclic) bond motifs is 2. The molecule has 2 heterocycles.